The third kappa shape index (κ3) is 58.4. The van der Waals surface area contributed by atoms with Crippen LogP contribution in [0.3, 0.4) is 0 Å². The van der Waals surface area contributed by atoms with Gasteiger partial charge in [-0.05, 0) is 116 Å². The van der Waals surface area contributed by atoms with Crippen LogP contribution in [-0.2, 0) is 28.6 Å². The molecule has 74 heavy (non-hydrogen) atoms. The predicted octanol–water partition coefficient (Wildman–Crippen LogP) is 20.6. The zero-order chi connectivity index (χ0) is 53.6. The fraction of sp³-hybridized carbons (Fsp3) is 0.632. The lowest BCUT2D eigenvalue weighted by molar-refractivity contribution is -0.167. The lowest BCUT2D eigenvalue weighted by Gasteiger charge is -2.18. The molecule has 0 amide bonds. The fourth-order valence-electron chi connectivity index (χ4n) is 7.94. The molecule has 0 aromatic rings. The van der Waals surface area contributed by atoms with Gasteiger partial charge >= 0.3 is 17.9 Å². The van der Waals surface area contributed by atoms with Crippen molar-refractivity contribution in [3.05, 3.63) is 134 Å². The summed E-state index contributed by atoms with van der Waals surface area (Å²) < 4.78 is 16.8. The minimum absolute atomic E-state index is 0.0934. The summed E-state index contributed by atoms with van der Waals surface area (Å²) in [6, 6.07) is 0. The summed E-state index contributed by atoms with van der Waals surface area (Å²) in [5.74, 6) is -0.933. The molecule has 0 aromatic heterocycles. The van der Waals surface area contributed by atoms with Gasteiger partial charge in [0.2, 0.25) is 0 Å². The molecule has 0 N–H and O–H groups in total. The lowest BCUT2D eigenvalue weighted by atomic mass is 10.1. The Balaban J connectivity index is 4.39. The molecule has 0 saturated carbocycles. The monoisotopic (exact) mass is 1020 g/mol. The van der Waals surface area contributed by atoms with E-state index in [1.54, 1.807) is 0 Å². The number of carbonyl (C=O) groups excluding carboxylic acids is 3. The van der Waals surface area contributed by atoms with Crippen LogP contribution >= 0.6 is 0 Å². The van der Waals surface area contributed by atoms with Crippen LogP contribution in [0.5, 0.6) is 0 Å². The minimum atomic E-state index is -0.799. The molecule has 0 saturated heterocycles. The molecule has 0 heterocycles. The lowest BCUT2D eigenvalue weighted by Crippen LogP contribution is -2.30. The van der Waals surface area contributed by atoms with Crippen molar-refractivity contribution in [2.75, 3.05) is 13.2 Å². The summed E-state index contributed by atoms with van der Waals surface area (Å²) >= 11 is 0. The molecule has 0 bridgehead atoms. The van der Waals surface area contributed by atoms with Gasteiger partial charge in [-0.3, -0.25) is 14.4 Å². The number of allylic oxidation sites excluding steroid dienone is 22. The first-order chi connectivity index (χ1) is 36.5. The highest BCUT2D eigenvalue weighted by molar-refractivity contribution is 5.71. The van der Waals surface area contributed by atoms with Crippen LogP contribution < -0.4 is 0 Å². The Morgan fingerprint density at radius 2 is 0.527 bits per heavy atom. The molecule has 0 aliphatic rings. The van der Waals surface area contributed by atoms with Gasteiger partial charge in [-0.25, -0.2) is 0 Å². The van der Waals surface area contributed by atoms with Crippen LogP contribution in [0, 0.1) is 0 Å². The Morgan fingerprint density at radius 1 is 0.284 bits per heavy atom. The molecule has 0 fully saturated rings. The second-order valence-corrected chi connectivity index (χ2v) is 19.5. The number of hydrogen-bond acceptors (Lipinski definition) is 6. The van der Waals surface area contributed by atoms with E-state index in [0.717, 1.165) is 154 Å². The Bertz CT molecular complexity index is 1600. The molecule has 6 nitrogen and oxygen atoms in total. The van der Waals surface area contributed by atoms with E-state index in [1.807, 2.05) is 0 Å². The Hall–Kier alpha value is -4.45. The molecule has 418 valence electrons. The Labute approximate surface area is 455 Å². The van der Waals surface area contributed by atoms with Crippen molar-refractivity contribution < 1.29 is 28.6 Å². The number of unbranched alkanes of at least 4 members (excludes halogenated alkanes) is 20. The SMILES string of the molecule is CC/C=C\C/C=C\C/C=C\C/C=C\C/C=C\C/C=C\CCCCCCC(=O)OCC(COC(=O)CCCCCCCCCCCC)OC(=O)CCCCCCCCC/C=C\C/C=C\C/C=C\C/C=C\C/C=C\CC. The summed E-state index contributed by atoms with van der Waals surface area (Å²) in [6.45, 7) is 6.37. The topological polar surface area (TPSA) is 78.9 Å². The van der Waals surface area contributed by atoms with Gasteiger partial charge in [0.15, 0.2) is 6.10 Å². The van der Waals surface area contributed by atoms with E-state index < -0.39 is 6.10 Å². The second kappa shape index (κ2) is 61.1. The smallest absolute Gasteiger partial charge is 0.306 e. The van der Waals surface area contributed by atoms with Crippen molar-refractivity contribution in [1.82, 2.24) is 0 Å². The summed E-state index contributed by atoms with van der Waals surface area (Å²) in [7, 11) is 0. The van der Waals surface area contributed by atoms with Gasteiger partial charge in [0.25, 0.3) is 0 Å². The van der Waals surface area contributed by atoms with Crippen LogP contribution in [0.2, 0.25) is 0 Å². The number of hydrogen-bond donors (Lipinski definition) is 0. The average Bonchev–Trinajstić information content (AvgIpc) is 3.40. The van der Waals surface area contributed by atoms with E-state index in [2.05, 4.69) is 154 Å². The van der Waals surface area contributed by atoms with E-state index in [9.17, 15) is 14.4 Å². The van der Waals surface area contributed by atoms with Crippen LogP contribution in [0.15, 0.2) is 134 Å². The maximum absolute atomic E-state index is 12.9. The van der Waals surface area contributed by atoms with Crippen LogP contribution in [-0.4, -0.2) is 37.2 Å². The summed E-state index contributed by atoms with van der Waals surface area (Å²) in [6.07, 6.45) is 85.9. The molecule has 0 aliphatic heterocycles. The zero-order valence-corrected chi connectivity index (χ0v) is 47.8. The molecule has 1 atom stereocenters. The first-order valence-corrected chi connectivity index (χ1v) is 30.2. The molecule has 6 heteroatoms. The van der Waals surface area contributed by atoms with E-state index in [1.165, 1.54) is 64.2 Å². The molecule has 0 rings (SSSR count). The Kier molecular flexibility index (Phi) is 57.4. The molecular weight excluding hydrogens is 913 g/mol. The van der Waals surface area contributed by atoms with Gasteiger partial charge < -0.3 is 14.2 Å². The predicted molar refractivity (Wildman–Crippen MR) is 320 cm³/mol. The second-order valence-electron chi connectivity index (χ2n) is 19.5. The maximum atomic E-state index is 12.9. The normalized spacial score (nSPS) is 13.1. The zero-order valence-electron chi connectivity index (χ0n) is 47.8. The molecule has 0 radical (unpaired) electrons. The number of carbonyl (C=O) groups is 3. The van der Waals surface area contributed by atoms with Crippen molar-refractivity contribution in [3.63, 3.8) is 0 Å². The molecule has 0 spiro atoms. The maximum Gasteiger partial charge on any atom is 0.306 e. The van der Waals surface area contributed by atoms with Gasteiger partial charge in [0.05, 0.1) is 0 Å². The van der Waals surface area contributed by atoms with Gasteiger partial charge in [-0.1, -0.05) is 257 Å². The summed E-state index contributed by atoms with van der Waals surface area (Å²) in [4.78, 5) is 38.2. The van der Waals surface area contributed by atoms with Crippen molar-refractivity contribution in [2.45, 2.75) is 264 Å². The van der Waals surface area contributed by atoms with Gasteiger partial charge in [0, 0.05) is 19.3 Å². The minimum Gasteiger partial charge on any atom is -0.462 e. The van der Waals surface area contributed by atoms with E-state index in [4.69, 9.17) is 14.2 Å². The van der Waals surface area contributed by atoms with Gasteiger partial charge in [0.1, 0.15) is 13.2 Å². The van der Waals surface area contributed by atoms with Crippen molar-refractivity contribution in [1.29, 1.82) is 0 Å². The summed E-state index contributed by atoms with van der Waals surface area (Å²) in [5.41, 5.74) is 0. The van der Waals surface area contributed by atoms with E-state index >= 15 is 0 Å². The van der Waals surface area contributed by atoms with Crippen molar-refractivity contribution >= 4 is 17.9 Å². The first kappa shape index (κ1) is 69.5. The Morgan fingerprint density at radius 3 is 0.824 bits per heavy atom. The van der Waals surface area contributed by atoms with Crippen LogP contribution in [0.4, 0.5) is 0 Å². The van der Waals surface area contributed by atoms with Crippen molar-refractivity contribution in [2.24, 2.45) is 0 Å². The van der Waals surface area contributed by atoms with Gasteiger partial charge in [-0.15, -0.1) is 0 Å². The quantitative estimate of drug-likeness (QED) is 0.0261. The molecule has 0 aromatic carbocycles. The van der Waals surface area contributed by atoms with E-state index in [0.29, 0.717) is 19.3 Å². The molecular formula is C68H110O6. The number of esters is 3. The van der Waals surface area contributed by atoms with Crippen LogP contribution in [0.25, 0.3) is 0 Å². The number of rotatable bonds is 53. The highest BCUT2D eigenvalue weighted by Gasteiger charge is 2.19. The van der Waals surface area contributed by atoms with Crippen molar-refractivity contribution in [3.8, 4) is 0 Å². The number of ether oxygens (including phenoxy) is 3. The van der Waals surface area contributed by atoms with Gasteiger partial charge in [-0.2, -0.15) is 0 Å². The standard InChI is InChI=1S/C68H110O6/c1-4-7-10-13-16-19-22-24-26-28-30-32-34-36-38-40-42-44-46-49-52-55-58-61-67(70)73-64-65(63-72-66(69)60-57-54-51-48-21-18-15-12-9-6-3)74-68(71)62-59-56-53-50-47-45-43-41-39-37-35-33-31-29-27-25-23-20-17-14-11-8-5-2/h7-8,10-11,16-17,19-20,24-27,30-33,36-39,42,44,65H,4-6,9,12-15,18,21-23,28-29,34-35,40-41,43,45-64H2,1-3H3/b10-7-,11-8-,19-16-,20-17-,26-24-,27-25-,32-30-,33-31-,38-36-,39-37-,44-42-. The molecule has 0 aliphatic carbocycles. The van der Waals surface area contributed by atoms with Crippen LogP contribution in [0.1, 0.15) is 258 Å². The average molecular weight is 1020 g/mol. The highest BCUT2D eigenvalue weighted by Crippen LogP contribution is 2.14. The van der Waals surface area contributed by atoms with E-state index in [-0.39, 0.29) is 31.1 Å². The fourth-order valence-corrected chi connectivity index (χ4v) is 7.94. The summed E-state index contributed by atoms with van der Waals surface area (Å²) in [5, 5.41) is 0. The third-order valence-corrected chi connectivity index (χ3v) is 12.4. The highest BCUT2D eigenvalue weighted by atomic mass is 16.6. The molecule has 1 unspecified atom stereocenters. The third-order valence-electron chi connectivity index (χ3n) is 12.4. The largest absolute Gasteiger partial charge is 0.462 e. The first-order valence-electron chi connectivity index (χ1n) is 30.2.